The van der Waals surface area contributed by atoms with E-state index in [2.05, 4.69) is 27.9 Å². The summed E-state index contributed by atoms with van der Waals surface area (Å²) in [5, 5.41) is 3.57. The molecule has 0 heterocycles. The zero-order valence-electron chi connectivity index (χ0n) is 17.8. The molecule has 0 aliphatic rings. The third-order valence-corrected chi connectivity index (χ3v) is 8.54. The zero-order valence-corrected chi connectivity index (χ0v) is 22.3. The molecule has 3 aromatic rings. The highest BCUT2D eigenvalue weighted by Crippen LogP contribution is 2.24. The molecule has 5 nitrogen and oxygen atoms in total. The minimum atomic E-state index is -3.88. The van der Waals surface area contributed by atoms with Crippen molar-refractivity contribution in [2.24, 2.45) is 0 Å². The molecule has 0 aliphatic carbocycles. The molecule has 0 atom stereocenters. The highest BCUT2D eigenvalue weighted by atomic mass is 127. The minimum Gasteiger partial charge on any atom is -0.354 e. The van der Waals surface area contributed by atoms with Crippen LogP contribution in [0.1, 0.15) is 12.0 Å². The van der Waals surface area contributed by atoms with E-state index < -0.39 is 10.0 Å². The van der Waals surface area contributed by atoms with Gasteiger partial charge in [-0.2, -0.15) is 11.8 Å². The second kappa shape index (κ2) is 12.6. The number of amides is 1. The lowest BCUT2D eigenvalue weighted by atomic mass is 10.2. The van der Waals surface area contributed by atoms with Gasteiger partial charge in [0.25, 0.3) is 10.0 Å². The maximum Gasteiger partial charge on any atom is 0.264 e. The number of nitrogens with one attached hydrogen (secondary N) is 1. The Kier molecular flexibility index (Phi) is 9.91. The standard InChI is InChI=1S/C24H24ClIN2O3S2/c25-20-7-4-6-19(16-20)18-32-15-5-14-27-24(29)17-28(22-12-10-21(26)11-13-22)33(30,31)23-8-2-1-3-9-23/h1-4,6-13,16H,5,14-15,17-18H2,(H,27,29). The van der Waals surface area contributed by atoms with Gasteiger partial charge in [-0.25, -0.2) is 8.42 Å². The summed E-state index contributed by atoms with van der Waals surface area (Å²) in [7, 11) is -3.88. The van der Waals surface area contributed by atoms with Crippen molar-refractivity contribution < 1.29 is 13.2 Å². The maximum atomic E-state index is 13.3. The number of hydrogen-bond acceptors (Lipinski definition) is 4. The van der Waals surface area contributed by atoms with Crippen LogP contribution in [0, 0.1) is 3.57 Å². The van der Waals surface area contributed by atoms with E-state index in [0.29, 0.717) is 12.2 Å². The number of anilines is 1. The molecule has 0 saturated heterocycles. The summed E-state index contributed by atoms with van der Waals surface area (Å²) in [6.07, 6.45) is 0.784. The molecule has 0 saturated carbocycles. The van der Waals surface area contributed by atoms with E-state index in [1.165, 1.54) is 12.1 Å². The van der Waals surface area contributed by atoms with Crippen LogP contribution in [-0.2, 0) is 20.6 Å². The zero-order chi connectivity index (χ0) is 23.7. The van der Waals surface area contributed by atoms with Crippen LogP contribution in [0.25, 0.3) is 0 Å². The number of nitrogens with zero attached hydrogens (tertiary/aromatic N) is 1. The van der Waals surface area contributed by atoms with Crippen LogP contribution >= 0.6 is 46.0 Å². The SMILES string of the molecule is O=C(CN(c1ccc(I)cc1)S(=O)(=O)c1ccccc1)NCCCSCc1cccc(Cl)c1. The normalized spacial score (nSPS) is 11.2. The van der Waals surface area contributed by atoms with Crippen LogP contribution in [-0.4, -0.2) is 33.2 Å². The molecule has 174 valence electrons. The highest BCUT2D eigenvalue weighted by Gasteiger charge is 2.26. The fourth-order valence-electron chi connectivity index (χ4n) is 3.05. The second-order valence-corrected chi connectivity index (χ2v) is 11.8. The summed E-state index contributed by atoms with van der Waals surface area (Å²) >= 11 is 9.92. The van der Waals surface area contributed by atoms with Crippen LogP contribution in [0.15, 0.2) is 83.8 Å². The number of rotatable bonds is 11. The number of benzene rings is 3. The Labute approximate surface area is 218 Å². The fraction of sp³-hybridized carbons (Fsp3) is 0.208. The molecule has 33 heavy (non-hydrogen) atoms. The highest BCUT2D eigenvalue weighted by molar-refractivity contribution is 14.1. The van der Waals surface area contributed by atoms with Crippen LogP contribution in [0.2, 0.25) is 5.02 Å². The Morgan fingerprint density at radius 3 is 2.42 bits per heavy atom. The lowest BCUT2D eigenvalue weighted by Crippen LogP contribution is -2.41. The molecule has 0 radical (unpaired) electrons. The summed E-state index contributed by atoms with van der Waals surface area (Å²) in [5.74, 6) is 1.38. The van der Waals surface area contributed by atoms with Crippen molar-refractivity contribution in [2.75, 3.05) is 23.1 Å². The minimum absolute atomic E-state index is 0.147. The molecule has 3 aromatic carbocycles. The first-order valence-electron chi connectivity index (χ1n) is 10.3. The molecule has 3 rings (SSSR count). The first kappa shape index (κ1) is 25.9. The summed E-state index contributed by atoms with van der Waals surface area (Å²) in [4.78, 5) is 12.8. The van der Waals surface area contributed by atoms with Gasteiger partial charge < -0.3 is 5.32 Å². The van der Waals surface area contributed by atoms with E-state index in [-0.39, 0.29) is 17.3 Å². The topological polar surface area (TPSA) is 66.5 Å². The van der Waals surface area contributed by atoms with Gasteiger partial charge in [-0.15, -0.1) is 0 Å². The van der Waals surface area contributed by atoms with Gasteiger partial charge in [0.15, 0.2) is 0 Å². The fourth-order valence-corrected chi connectivity index (χ4v) is 5.97. The van der Waals surface area contributed by atoms with Crippen molar-refractivity contribution in [3.8, 4) is 0 Å². The number of carbonyl (C=O) groups excluding carboxylic acids is 1. The van der Waals surface area contributed by atoms with E-state index in [1.807, 2.05) is 36.4 Å². The lowest BCUT2D eigenvalue weighted by molar-refractivity contribution is -0.119. The van der Waals surface area contributed by atoms with Crippen molar-refractivity contribution in [3.63, 3.8) is 0 Å². The largest absolute Gasteiger partial charge is 0.354 e. The van der Waals surface area contributed by atoms with Gasteiger partial charge in [0.2, 0.25) is 5.91 Å². The van der Waals surface area contributed by atoms with Crippen LogP contribution in [0.3, 0.4) is 0 Å². The van der Waals surface area contributed by atoms with Gasteiger partial charge in [-0.1, -0.05) is 41.9 Å². The number of carbonyl (C=O) groups is 1. The third kappa shape index (κ3) is 7.91. The van der Waals surface area contributed by atoms with E-state index in [9.17, 15) is 13.2 Å². The van der Waals surface area contributed by atoms with E-state index in [1.54, 1.807) is 42.1 Å². The number of halogens is 2. The number of hydrogen-bond donors (Lipinski definition) is 1. The van der Waals surface area contributed by atoms with Crippen LogP contribution in [0.4, 0.5) is 5.69 Å². The van der Waals surface area contributed by atoms with Gasteiger partial charge in [0.1, 0.15) is 6.54 Å². The predicted octanol–water partition coefficient (Wildman–Crippen LogP) is 5.58. The smallest absolute Gasteiger partial charge is 0.264 e. The van der Waals surface area contributed by atoms with E-state index >= 15 is 0 Å². The molecular formula is C24H24ClIN2O3S2. The second-order valence-electron chi connectivity index (χ2n) is 7.19. The van der Waals surface area contributed by atoms with E-state index in [4.69, 9.17) is 11.6 Å². The van der Waals surface area contributed by atoms with Gasteiger partial charge in [0.05, 0.1) is 10.6 Å². The van der Waals surface area contributed by atoms with Crippen molar-refractivity contribution in [2.45, 2.75) is 17.1 Å². The Balaban J connectivity index is 1.56. The van der Waals surface area contributed by atoms with Crippen molar-refractivity contribution in [3.05, 3.63) is 93.0 Å². The molecule has 0 fully saturated rings. The average Bonchev–Trinajstić information content (AvgIpc) is 2.81. The van der Waals surface area contributed by atoms with Gasteiger partial charge in [0, 0.05) is 20.9 Å². The summed E-state index contributed by atoms with van der Waals surface area (Å²) in [5.41, 5.74) is 1.61. The monoisotopic (exact) mass is 614 g/mol. The summed E-state index contributed by atoms with van der Waals surface area (Å²) in [6.45, 7) is 0.195. The Hall–Kier alpha value is -1.75. The van der Waals surface area contributed by atoms with Gasteiger partial charge in [-0.3, -0.25) is 9.10 Å². The molecule has 0 aliphatic heterocycles. The maximum absolute atomic E-state index is 13.3. The molecule has 0 bridgehead atoms. The average molecular weight is 615 g/mol. The predicted molar refractivity (Wildman–Crippen MR) is 145 cm³/mol. The van der Waals surface area contributed by atoms with Crippen LogP contribution in [0.5, 0.6) is 0 Å². The number of thioether (sulfide) groups is 1. The first-order chi connectivity index (χ1) is 15.9. The lowest BCUT2D eigenvalue weighted by Gasteiger charge is -2.24. The quantitative estimate of drug-likeness (QED) is 0.226. The Morgan fingerprint density at radius 2 is 1.73 bits per heavy atom. The summed E-state index contributed by atoms with van der Waals surface area (Å²) < 4.78 is 28.7. The summed E-state index contributed by atoms with van der Waals surface area (Å²) in [6, 6.07) is 23.0. The van der Waals surface area contributed by atoms with Crippen molar-refractivity contribution >= 4 is 67.6 Å². The molecule has 0 aromatic heterocycles. The van der Waals surface area contributed by atoms with E-state index in [0.717, 1.165) is 36.4 Å². The molecule has 1 N–H and O–H groups in total. The third-order valence-electron chi connectivity index (χ3n) is 4.68. The first-order valence-corrected chi connectivity index (χ1v) is 14.3. The Morgan fingerprint density at radius 1 is 1.00 bits per heavy atom. The molecule has 1 amide bonds. The van der Waals surface area contributed by atoms with Gasteiger partial charge in [-0.05, 0) is 88.9 Å². The molecule has 0 spiro atoms. The van der Waals surface area contributed by atoms with Crippen LogP contribution < -0.4 is 9.62 Å². The molecular weight excluding hydrogens is 591 g/mol. The Bertz CT molecular complexity index is 1160. The van der Waals surface area contributed by atoms with Crippen molar-refractivity contribution in [1.29, 1.82) is 0 Å². The van der Waals surface area contributed by atoms with Gasteiger partial charge >= 0.3 is 0 Å². The molecule has 0 unspecified atom stereocenters. The molecule has 9 heteroatoms. The number of sulfonamides is 1. The van der Waals surface area contributed by atoms with Crippen molar-refractivity contribution in [1.82, 2.24) is 5.32 Å².